The van der Waals surface area contributed by atoms with Crippen LogP contribution in [0, 0.1) is 6.92 Å². The smallest absolute Gasteiger partial charge is 0.194 e. The van der Waals surface area contributed by atoms with E-state index in [1.807, 2.05) is 0 Å². The minimum atomic E-state index is 0.0549. The van der Waals surface area contributed by atoms with E-state index in [-0.39, 0.29) is 5.60 Å². The van der Waals surface area contributed by atoms with Gasteiger partial charge in [0.2, 0.25) is 0 Å². The molecule has 5 nitrogen and oxygen atoms in total. The second-order valence-electron chi connectivity index (χ2n) is 6.48. The number of aryl methyl sites for hydroxylation is 1. The highest BCUT2D eigenvalue weighted by Gasteiger charge is 2.38. The van der Waals surface area contributed by atoms with Crippen molar-refractivity contribution in [2.45, 2.75) is 50.8 Å². The van der Waals surface area contributed by atoms with Crippen molar-refractivity contribution < 1.29 is 9.47 Å². The first kappa shape index (κ1) is 14.6. The van der Waals surface area contributed by atoms with E-state index in [1.165, 1.54) is 5.69 Å². The summed E-state index contributed by atoms with van der Waals surface area (Å²) in [4.78, 5) is 5.78. The first-order valence-corrected chi connectivity index (χ1v) is 8.99. The van der Waals surface area contributed by atoms with Crippen molar-refractivity contribution in [2.75, 3.05) is 19.8 Å². The summed E-state index contributed by atoms with van der Waals surface area (Å²) < 4.78 is 13.8. The summed E-state index contributed by atoms with van der Waals surface area (Å²) in [6, 6.07) is 0.521. The van der Waals surface area contributed by atoms with E-state index in [4.69, 9.17) is 9.47 Å². The lowest BCUT2D eigenvalue weighted by Crippen LogP contribution is -2.49. The van der Waals surface area contributed by atoms with Crippen molar-refractivity contribution in [2.24, 2.45) is 0 Å². The molecule has 6 heteroatoms. The number of ether oxygens (including phenoxy) is 2. The number of nitrogens with zero attached hydrogens (tertiary/aromatic N) is 2. The molecule has 22 heavy (non-hydrogen) atoms. The summed E-state index contributed by atoms with van der Waals surface area (Å²) in [5, 5.41) is 5.83. The SMILES string of the molecule is Cc1csc2nc(CN[C@@H]3CCOC4(CCOCC4)C3)cn12. The summed E-state index contributed by atoms with van der Waals surface area (Å²) in [5.74, 6) is 0. The molecule has 0 aliphatic carbocycles. The average molecular weight is 321 g/mol. The summed E-state index contributed by atoms with van der Waals surface area (Å²) in [6.45, 7) is 5.49. The fraction of sp³-hybridized carbons (Fsp3) is 0.688. The lowest BCUT2D eigenvalue weighted by Gasteiger charge is -2.43. The molecule has 4 heterocycles. The highest BCUT2D eigenvalue weighted by Crippen LogP contribution is 2.34. The zero-order valence-electron chi connectivity index (χ0n) is 13.0. The Morgan fingerprint density at radius 2 is 2.27 bits per heavy atom. The third kappa shape index (κ3) is 2.80. The van der Waals surface area contributed by atoms with Crippen LogP contribution >= 0.6 is 11.3 Å². The maximum atomic E-state index is 6.10. The lowest BCUT2D eigenvalue weighted by molar-refractivity contribution is -0.140. The first-order valence-electron chi connectivity index (χ1n) is 8.11. The number of rotatable bonds is 3. The van der Waals surface area contributed by atoms with Gasteiger partial charge in [-0.15, -0.1) is 11.3 Å². The summed E-state index contributed by atoms with van der Waals surface area (Å²) in [6.07, 6.45) is 6.40. The van der Waals surface area contributed by atoms with Gasteiger partial charge in [0.25, 0.3) is 0 Å². The molecule has 1 atom stereocenters. The quantitative estimate of drug-likeness (QED) is 0.944. The molecular formula is C16H23N3O2S. The second-order valence-corrected chi connectivity index (χ2v) is 7.31. The van der Waals surface area contributed by atoms with Gasteiger partial charge in [0.05, 0.1) is 11.3 Å². The largest absolute Gasteiger partial charge is 0.381 e. The van der Waals surface area contributed by atoms with Crippen LogP contribution in [0.4, 0.5) is 0 Å². The molecule has 0 unspecified atom stereocenters. The predicted molar refractivity (Wildman–Crippen MR) is 86.4 cm³/mol. The van der Waals surface area contributed by atoms with E-state index >= 15 is 0 Å². The van der Waals surface area contributed by atoms with Crippen LogP contribution in [-0.4, -0.2) is 40.8 Å². The van der Waals surface area contributed by atoms with Crippen LogP contribution in [0.3, 0.4) is 0 Å². The Balaban J connectivity index is 1.38. The van der Waals surface area contributed by atoms with Gasteiger partial charge in [0.15, 0.2) is 4.96 Å². The van der Waals surface area contributed by atoms with E-state index in [0.29, 0.717) is 6.04 Å². The fourth-order valence-electron chi connectivity index (χ4n) is 3.57. The molecule has 2 aromatic heterocycles. The molecule has 120 valence electrons. The monoisotopic (exact) mass is 321 g/mol. The van der Waals surface area contributed by atoms with E-state index in [1.54, 1.807) is 11.3 Å². The summed E-state index contributed by atoms with van der Waals surface area (Å²) in [7, 11) is 0. The third-order valence-corrected chi connectivity index (χ3v) is 5.86. The number of nitrogens with one attached hydrogen (secondary N) is 1. The molecule has 4 rings (SSSR count). The van der Waals surface area contributed by atoms with Gasteiger partial charge in [0, 0.05) is 49.7 Å². The maximum Gasteiger partial charge on any atom is 0.194 e. The molecule has 2 fully saturated rings. The molecule has 0 radical (unpaired) electrons. The summed E-state index contributed by atoms with van der Waals surface area (Å²) >= 11 is 1.70. The van der Waals surface area contributed by atoms with E-state index in [9.17, 15) is 0 Å². The Bertz CT molecular complexity index is 639. The number of hydrogen-bond donors (Lipinski definition) is 1. The van der Waals surface area contributed by atoms with Gasteiger partial charge in [-0.05, 0) is 32.6 Å². The van der Waals surface area contributed by atoms with E-state index in [0.717, 1.165) is 62.7 Å². The minimum Gasteiger partial charge on any atom is -0.381 e. The topological polar surface area (TPSA) is 47.8 Å². The second kappa shape index (κ2) is 5.92. The molecule has 2 saturated heterocycles. The molecule has 1 N–H and O–H groups in total. The number of thiazole rings is 1. The zero-order chi connectivity index (χ0) is 15.0. The molecule has 2 aliphatic rings. The van der Waals surface area contributed by atoms with Crippen molar-refractivity contribution in [3.63, 3.8) is 0 Å². The van der Waals surface area contributed by atoms with Crippen LogP contribution in [0.25, 0.3) is 4.96 Å². The minimum absolute atomic E-state index is 0.0549. The molecule has 1 spiro atoms. The van der Waals surface area contributed by atoms with Crippen LogP contribution in [0.15, 0.2) is 11.6 Å². The van der Waals surface area contributed by atoms with Crippen LogP contribution in [-0.2, 0) is 16.0 Å². The van der Waals surface area contributed by atoms with Crippen LogP contribution < -0.4 is 5.32 Å². The van der Waals surface area contributed by atoms with Crippen molar-refractivity contribution in [1.29, 1.82) is 0 Å². The maximum absolute atomic E-state index is 6.10. The van der Waals surface area contributed by atoms with Gasteiger partial charge in [-0.3, -0.25) is 4.40 Å². The molecule has 2 aliphatic heterocycles. The number of hydrogen-bond acceptors (Lipinski definition) is 5. The Hall–Kier alpha value is -0.950. The number of aromatic nitrogens is 2. The molecular weight excluding hydrogens is 298 g/mol. The molecule has 2 aromatic rings. The van der Waals surface area contributed by atoms with Crippen LogP contribution in [0.1, 0.15) is 37.1 Å². The lowest BCUT2D eigenvalue weighted by atomic mass is 9.84. The van der Waals surface area contributed by atoms with Gasteiger partial charge in [-0.1, -0.05) is 0 Å². The number of fused-ring (bicyclic) bond motifs is 1. The zero-order valence-corrected chi connectivity index (χ0v) is 13.8. The van der Waals surface area contributed by atoms with E-state index < -0.39 is 0 Å². The Morgan fingerprint density at radius 3 is 3.09 bits per heavy atom. The number of imidazole rings is 1. The highest BCUT2D eigenvalue weighted by atomic mass is 32.1. The highest BCUT2D eigenvalue weighted by molar-refractivity contribution is 7.15. The normalized spacial score (nSPS) is 25.0. The molecule has 0 saturated carbocycles. The van der Waals surface area contributed by atoms with Crippen LogP contribution in [0.5, 0.6) is 0 Å². The summed E-state index contributed by atoms with van der Waals surface area (Å²) in [5.41, 5.74) is 2.44. The average Bonchev–Trinajstić information content (AvgIpc) is 3.08. The Kier molecular flexibility index (Phi) is 3.94. The van der Waals surface area contributed by atoms with Crippen molar-refractivity contribution in [3.8, 4) is 0 Å². The Labute approximate surface area is 134 Å². The van der Waals surface area contributed by atoms with Crippen LogP contribution in [0.2, 0.25) is 0 Å². The Morgan fingerprint density at radius 1 is 1.41 bits per heavy atom. The van der Waals surface area contributed by atoms with Gasteiger partial charge in [-0.25, -0.2) is 4.98 Å². The van der Waals surface area contributed by atoms with Gasteiger partial charge in [-0.2, -0.15) is 0 Å². The third-order valence-electron chi connectivity index (χ3n) is 4.91. The van der Waals surface area contributed by atoms with Gasteiger partial charge >= 0.3 is 0 Å². The fourth-order valence-corrected chi connectivity index (χ4v) is 4.44. The van der Waals surface area contributed by atoms with Gasteiger partial charge < -0.3 is 14.8 Å². The van der Waals surface area contributed by atoms with Gasteiger partial charge in [0.1, 0.15) is 0 Å². The standard InChI is InChI=1S/C16H23N3O2S/c1-12-11-22-15-18-14(10-19(12)15)9-17-13-2-5-21-16(8-13)3-6-20-7-4-16/h10-11,13,17H,2-9H2,1H3/t13-/m1/s1. The van der Waals surface area contributed by atoms with E-state index in [2.05, 4.69) is 33.2 Å². The molecule has 0 bridgehead atoms. The van der Waals surface area contributed by atoms with Crippen molar-refractivity contribution >= 4 is 16.3 Å². The van der Waals surface area contributed by atoms with Crippen molar-refractivity contribution in [1.82, 2.24) is 14.7 Å². The predicted octanol–water partition coefficient (Wildman–Crippen LogP) is 2.52. The van der Waals surface area contributed by atoms with Crippen molar-refractivity contribution in [3.05, 3.63) is 23.0 Å². The molecule has 0 aromatic carbocycles. The first-order chi connectivity index (χ1) is 10.7. The molecule has 0 amide bonds.